The Balaban J connectivity index is 1.81. The van der Waals surface area contributed by atoms with Crippen LogP contribution in [-0.2, 0) is 4.79 Å². The number of hydrogen-bond acceptors (Lipinski definition) is 5. The zero-order valence-electron chi connectivity index (χ0n) is 13.9. The first kappa shape index (κ1) is 15.5. The highest BCUT2D eigenvalue weighted by atomic mass is 16.5. The average Bonchev–Trinajstić information content (AvgIpc) is 2.85. The topological polar surface area (TPSA) is 68.5 Å². The number of carbonyl (C=O) groups is 1. The van der Waals surface area contributed by atoms with E-state index in [0.717, 1.165) is 22.7 Å². The number of pyridine rings is 1. The molecule has 0 fully saturated rings. The molecule has 2 unspecified atom stereocenters. The summed E-state index contributed by atoms with van der Waals surface area (Å²) >= 11 is 0. The molecule has 2 aromatic rings. The highest BCUT2D eigenvalue weighted by molar-refractivity contribution is 5.95. The van der Waals surface area contributed by atoms with Crippen molar-refractivity contribution in [1.82, 2.24) is 10.1 Å². The standard InChI is InChI=1S/C17H21N3O3/c1-10(16-12(3)19-23-13(16)4)8-15(21)20-9-11(2)22-17-14(20)6-5-7-18-17/h5-7,10-11H,8-9H2,1-4H3. The van der Waals surface area contributed by atoms with Crippen molar-refractivity contribution >= 4 is 11.6 Å². The molecule has 0 saturated heterocycles. The summed E-state index contributed by atoms with van der Waals surface area (Å²) in [5, 5.41) is 3.98. The third-order valence-corrected chi connectivity index (χ3v) is 4.16. The predicted octanol–water partition coefficient (Wildman–Crippen LogP) is 2.99. The number of hydrogen-bond donors (Lipinski definition) is 0. The van der Waals surface area contributed by atoms with Gasteiger partial charge in [-0.15, -0.1) is 0 Å². The third-order valence-electron chi connectivity index (χ3n) is 4.16. The summed E-state index contributed by atoms with van der Waals surface area (Å²) in [7, 11) is 0. The summed E-state index contributed by atoms with van der Waals surface area (Å²) in [4.78, 5) is 18.8. The van der Waals surface area contributed by atoms with E-state index in [1.807, 2.05) is 39.8 Å². The maximum absolute atomic E-state index is 12.8. The molecule has 6 nitrogen and oxygen atoms in total. The number of amides is 1. The molecule has 0 aromatic carbocycles. The molecule has 1 aliphatic rings. The van der Waals surface area contributed by atoms with Gasteiger partial charge in [0.25, 0.3) is 0 Å². The van der Waals surface area contributed by atoms with Gasteiger partial charge in [0.2, 0.25) is 11.8 Å². The lowest BCUT2D eigenvalue weighted by atomic mass is 9.95. The summed E-state index contributed by atoms with van der Waals surface area (Å²) in [6, 6.07) is 3.68. The van der Waals surface area contributed by atoms with Gasteiger partial charge in [-0.2, -0.15) is 0 Å². The van der Waals surface area contributed by atoms with Crippen molar-refractivity contribution in [3.05, 3.63) is 35.3 Å². The van der Waals surface area contributed by atoms with Crippen LogP contribution in [0.25, 0.3) is 0 Å². The largest absolute Gasteiger partial charge is 0.471 e. The van der Waals surface area contributed by atoms with Crippen LogP contribution in [0.4, 0.5) is 5.69 Å². The Morgan fingerprint density at radius 3 is 2.96 bits per heavy atom. The molecule has 23 heavy (non-hydrogen) atoms. The van der Waals surface area contributed by atoms with Gasteiger partial charge in [-0.05, 0) is 38.8 Å². The number of fused-ring (bicyclic) bond motifs is 1. The number of aryl methyl sites for hydroxylation is 2. The highest BCUT2D eigenvalue weighted by Crippen LogP contribution is 2.33. The van der Waals surface area contributed by atoms with E-state index in [2.05, 4.69) is 10.1 Å². The van der Waals surface area contributed by atoms with Crippen molar-refractivity contribution in [3.8, 4) is 5.88 Å². The molecule has 6 heteroatoms. The summed E-state index contributed by atoms with van der Waals surface area (Å²) < 4.78 is 10.9. The zero-order chi connectivity index (χ0) is 16.6. The summed E-state index contributed by atoms with van der Waals surface area (Å²) in [5.41, 5.74) is 2.60. The number of nitrogens with zero attached hydrogens (tertiary/aromatic N) is 3. The predicted molar refractivity (Wildman–Crippen MR) is 85.7 cm³/mol. The van der Waals surface area contributed by atoms with Crippen LogP contribution in [-0.4, -0.2) is 28.7 Å². The van der Waals surface area contributed by atoms with Crippen LogP contribution >= 0.6 is 0 Å². The maximum Gasteiger partial charge on any atom is 0.238 e. The van der Waals surface area contributed by atoms with E-state index in [1.54, 1.807) is 11.1 Å². The van der Waals surface area contributed by atoms with E-state index < -0.39 is 0 Å². The molecule has 0 bridgehead atoms. The molecule has 3 rings (SSSR count). The van der Waals surface area contributed by atoms with Crippen molar-refractivity contribution < 1.29 is 14.1 Å². The second-order valence-electron chi connectivity index (χ2n) is 6.10. The van der Waals surface area contributed by atoms with Crippen LogP contribution in [0.5, 0.6) is 5.88 Å². The highest BCUT2D eigenvalue weighted by Gasteiger charge is 2.30. The van der Waals surface area contributed by atoms with E-state index in [1.165, 1.54) is 0 Å². The Kier molecular flexibility index (Phi) is 4.07. The Morgan fingerprint density at radius 2 is 2.26 bits per heavy atom. The van der Waals surface area contributed by atoms with Crippen molar-refractivity contribution in [2.24, 2.45) is 0 Å². The first-order valence-corrected chi connectivity index (χ1v) is 7.82. The summed E-state index contributed by atoms with van der Waals surface area (Å²) in [5.74, 6) is 1.40. The van der Waals surface area contributed by atoms with Crippen molar-refractivity contribution in [1.29, 1.82) is 0 Å². The van der Waals surface area contributed by atoms with E-state index in [0.29, 0.717) is 18.8 Å². The first-order chi connectivity index (χ1) is 11.0. The van der Waals surface area contributed by atoms with Crippen molar-refractivity contribution in [2.45, 2.75) is 46.1 Å². The average molecular weight is 315 g/mol. The molecule has 3 heterocycles. The smallest absolute Gasteiger partial charge is 0.238 e. The third kappa shape index (κ3) is 2.93. The van der Waals surface area contributed by atoms with Crippen LogP contribution < -0.4 is 9.64 Å². The Labute approximate surface area is 135 Å². The number of aromatic nitrogens is 2. The molecule has 0 spiro atoms. The van der Waals surface area contributed by atoms with Gasteiger partial charge in [0.15, 0.2) is 0 Å². The number of ether oxygens (including phenoxy) is 1. The van der Waals surface area contributed by atoms with Gasteiger partial charge < -0.3 is 14.2 Å². The fourth-order valence-electron chi connectivity index (χ4n) is 3.17. The normalized spacial score (nSPS) is 18.3. The molecule has 0 saturated carbocycles. The van der Waals surface area contributed by atoms with Crippen LogP contribution in [0.2, 0.25) is 0 Å². The van der Waals surface area contributed by atoms with Gasteiger partial charge in [0, 0.05) is 18.2 Å². The van der Waals surface area contributed by atoms with Crippen LogP contribution in [0.15, 0.2) is 22.9 Å². The maximum atomic E-state index is 12.8. The van der Waals surface area contributed by atoms with Crippen LogP contribution in [0, 0.1) is 13.8 Å². The van der Waals surface area contributed by atoms with E-state index in [9.17, 15) is 4.79 Å². The number of carbonyl (C=O) groups excluding carboxylic acids is 1. The van der Waals surface area contributed by atoms with Crippen molar-refractivity contribution in [3.63, 3.8) is 0 Å². The molecule has 0 N–H and O–H groups in total. The van der Waals surface area contributed by atoms with Crippen molar-refractivity contribution in [2.75, 3.05) is 11.4 Å². The van der Waals surface area contributed by atoms with Crippen LogP contribution in [0.3, 0.4) is 0 Å². The minimum atomic E-state index is -0.0734. The van der Waals surface area contributed by atoms with Gasteiger partial charge in [0.1, 0.15) is 17.6 Å². The molecule has 1 amide bonds. The lowest BCUT2D eigenvalue weighted by Crippen LogP contribution is -2.43. The Bertz CT molecular complexity index is 706. The van der Waals surface area contributed by atoms with Gasteiger partial charge in [-0.25, -0.2) is 4.98 Å². The lowest BCUT2D eigenvalue weighted by molar-refractivity contribution is -0.119. The molecular weight excluding hydrogens is 294 g/mol. The minimum absolute atomic E-state index is 0.0482. The summed E-state index contributed by atoms with van der Waals surface area (Å²) in [6.45, 7) is 8.29. The second kappa shape index (κ2) is 6.02. The molecule has 122 valence electrons. The monoisotopic (exact) mass is 315 g/mol. The molecular formula is C17H21N3O3. The molecule has 2 aromatic heterocycles. The Morgan fingerprint density at radius 1 is 1.48 bits per heavy atom. The van der Waals surface area contributed by atoms with Gasteiger partial charge in [0.05, 0.1) is 12.2 Å². The number of anilines is 1. The van der Waals surface area contributed by atoms with E-state index in [4.69, 9.17) is 9.26 Å². The van der Waals surface area contributed by atoms with E-state index >= 15 is 0 Å². The fraction of sp³-hybridized carbons (Fsp3) is 0.471. The zero-order valence-corrected chi connectivity index (χ0v) is 13.9. The van der Waals surface area contributed by atoms with E-state index in [-0.39, 0.29) is 17.9 Å². The lowest BCUT2D eigenvalue weighted by Gasteiger charge is -2.33. The number of rotatable bonds is 3. The molecule has 0 aliphatic carbocycles. The SMILES string of the molecule is Cc1noc(C)c1C(C)CC(=O)N1CC(C)Oc2ncccc21. The van der Waals surface area contributed by atoms with Gasteiger partial charge >= 0.3 is 0 Å². The fourth-order valence-corrected chi connectivity index (χ4v) is 3.17. The van der Waals surface area contributed by atoms with Crippen LogP contribution in [0.1, 0.15) is 43.2 Å². The Hall–Kier alpha value is -2.37. The quantitative estimate of drug-likeness (QED) is 0.871. The summed E-state index contributed by atoms with van der Waals surface area (Å²) in [6.07, 6.45) is 1.99. The minimum Gasteiger partial charge on any atom is -0.471 e. The van der Waals surface area contributed by atoms with Gasteiger partial charge in [-0.3, -0.25) is 4.79 Å². The second-order valence-corrected chi connectivity index (χ2v) is 6.10. The molecule has 1 aliphatic heterocycles. The molecule has 0 radical (unpaired) electrons. The first-order valence-electron chi connectivity index (χ1n) is 7.82. The molecule has 2 atom stereocenters. The van der Waals surface area contributed by atoms with Gasteiger partial charge in [-0.1, -0.05) is 12.1 Å².